The smallest absolute Gasteiger partial charge is 0.263 e. The van der Waals surface area contributed by atoms with Crippen LogP contribution in [0.25, 0.3) is 27.6 Å². The van der Waals surface area contributed by atoms with Gasteiger partial charge in [0.25, 0.3) is 5.56 Å². The van der Waals surface area contributed by atoms with Gasteiger partial charge in [0, 0.05) is 17.6 Å². The molecule has 0 saturated carbocycles. The predicted molar refractivity (Wildman–Crippen MR) is 121 cm³/mol. The number of aryl methyl sites for hydroxylation is 1. The molecular formula is C23H21N3O3S. The summed E-state index contributed by atoms with van der Waals surface area (Å²) in [5.74, 6) is 0.209. The molecule has 0 aliphatic heterocycles. The molecule has 6 nitrogen and oxygen atoms in total. The van der Waals surface area contributed by atoms with E-state index in [4.69, 9.17) is 0 Å². The minimum absolute atomic E-state index is 0.111. The molecule has 7 heteroatoms. The Labute approximate surface area is 174 Å². The zero-order valence-electron chi connectivity index (χ0n) is 16.7. The highest BCUT2D eigenvalue weighted by Crippen LogP contribution is 2.29. The van der Waals surface area contributed by atoms with Gasteiger partial charge in [-0.3, -0.25) is 14.1 Å². The number of nitrogens with one attached hydrogen (secondary N) is 1. The Morgan fingerprint density at radius 1 is 1.00 bits per heavy atom. The van der Waals surface area contributed by atoms with Gasteiger partial charge in [0.15, 0.2) is 0 Å². The molecule has 152 valence electrons. The van der Waals surface area contributed by atoms with Gasteiger partial charge in [-0.15, -0.1) is 0 Å². The molecule has 2 heterocycles. The van der Waals surface area contributed by atoms with Gasteiger partial charge in [-0.1, -0.05) is 43.3 Å². The van der Waals surface area contributed by atoms with E-state index in [-0.39, 0.29) is 11.4 Å². The Hall–Kier alpha value is -3.45. The van der Waals surface area contributed by atoms with Gasteiger partial charge in [0.05, 0.1) is 11.6 Å². The standard InChI is InChI=1S/C23H21N3O3S/c1-3-18-14-17-8-7-11-20(16-12-13-24-21(15-16)25-30(2,28)29)22(17)23(27)26(18)19-9-5-4-6-10-19/h4-15H,3H2,1-2H3,(H,24,25). The molecule has 0 aliphatic rings. The molecule has 2 aromatic heterocycles. The lowest BCUT2D eigenvalue weighted by Crippen LogP contribution is -2.22. The molecule has 0 aliphatic carbocycles. The van der Waals surface area contributed by atoms with Gasteiger partial charge in [-0.05, 0) is 53.3 Å². The number of fused-ring (bicyclic) bond motifs is 1. The number of aromatic nitrogens is 2. The summed E-state index contributed by atoms with van der Waals surface area (Å²) in [6.07, 6.45) is 3.31. The topological polar surface area (TPSA) is 81.1 Å². The summed E-state index contributed by atoms with van der Waals surface area (Å²) < 4.78 is 27.3. The Morgan fingerprint density at radius 3 is 2.47 bits per heavy atom. The lowest BCUT2D eigenvalue weighted by Gasteiger charge is -2.15. The molecule has 0 saturated heterocycles. The largest absolute Gasteiger partial charge is 0.281 e. The maximum atomic E-state index is 13.7. The number of hydrogen-bond donors (Lipinski definition) is 1. The predicted octanol–water partition coefficient (Wildman–Crippen LogP) is 3.99. The van der Waals surface area contributed by atoms with Crippen LogP contribution in [0.5, 0.6) is 0 Å². The molecule has 0 bridgehead atoms. The van der Waals surface area contributed by atoms with Crippen molar-refractivity contribution >= 4 is 26.6 Å². The van der Waals surface area contributed by atoms with Gasteiger partial charge in [0.2, 0.25) is 10.0 Å². The van der Waals surface area contributed by atoms with E-state index in [2.05, 4.69) is 9.71 Å². The van der Waals surface area contributed by atoms with Crippen LogP contribution in [0.4, 0.5) is 5.82 Å². The first kappa shape index (κ1) is 19.8. The van der Waals surface area contributed by atoms with Crippen LogP contribution in [0.1, 0.15) is 12.6 Å². The number of para-hydroxylation sites is 1. The second-order valence-corrected chi connectivity index (χ2v) is 8.79. The fourth-order valence-corrected chi connectivity index (χ4v) is 4.11. The second kappa shape index (κ2) is 7.76. The van der Waals surface area contributed by atoms with E-state index in [1.54, 1.807) is 16.7 Å². The normalized spacial score (nSPS) is 11.5. The summed E-state index contributed by atoms with van der Waals surface area (Å²) >= 11 is 0. The van der Waals surface area contributed by atoms with E-state index in [1.807, 2.05) is 61.5 Å². The zero-order chi connectivity index (χ0) is 21.3. The fourth-order valence-electron chi connectivity index (χ4n) is 3.62. The average molecular weight is 420 g/mol. The lowest BCUT2D eigenvalue weighted by molar-refractivity contribution is 0.606. The Kier molecular flexibility index (Phi) is 5.13. The Morgan fingerprint density at radius 2 is 1.77 bits per heavy atom. The number of benzene rings is 2. The van der Waals surface area contributed by atoms with Crippen LogP contribution >= 0.6 is 0 Å². The zero-order valence-corrected chi connectivity index (χ0v) is 17.5. The summed E-state index contributed by atoms with van der Waals surface area (Å²) in [4.78, 5) is 17.7. The Bertz CT molecular complexity index is 1390. The van der Waals surface area contributed by atoms with Crippen LogP contribution in [-0.2, 0) is 16.4 Å². The van der Waals surface area contributed by atoms with Crippen molar-refractivity contribution in [3.8, 4) is 16.8 Å². The third-order valence-electron chi connectivity index (χ3n) is 4.86. The third kappa shape index (κ3) is 3.84. The van der Waals surface area contributed by atoms with Gasteiger partial charge in [-0.2, -0.15) is 0 Å². The van der Waals surface area contributed by atoms with Crippen LogP contribution in [0.2, 0.25) is 0 Å². The molecule has 0 amide bonds. The maximum Gasteiger partial charge on any atom is 0.263 e. The minimum Gasteiger partial charge on any atom is -0.281 e. The van der Waals surface area contributed by atoms with Gasteiger partial charge < -0.3 is 0 Å². The number of nitrogens with zero attached hydrogens (tertiary/aromatic N) is 2. The van der Waals surface area contributed by atoms with Crippen molar-refractivity contribution in [2.24, 2.45) is 0 Å². The van der Waals surface area contributed by atoms with Crippen molar-refractivity contribution in [2.45, 2.75) is 13.3 Å². The quantitative estimate of drug-likeness (QED) is 0.530. The maximum absolute atomic E-state index is 13.7. The van der Waals surface area contributed by atoms with Crippen LogP contribution in [-0.4, -0.2) is 24.2 Å². The number of hydrogen-bond acceptors (Lipinski definition) is 4. The lowest BCUT2D eigenvalue weighted by atomic mass is 9.99. The summed E-state index contributed by atoms with van der Waals surface area (Å²) in [6.45, 7) is 2.02. The monoisotopic (exact) mass is 419 g/mol. The summed E-state index contributed by atoms with van der Waals surface area (Å²) in [6, 6.07) is 20.7. The highest BCUT2D eigenvalue weighted by Gasteiger charge is 2.15. The molecule has 4 rings (SSSR count). The first-order valence-electron chi connectivity index (χ1n) is 9.54. The van der Waals surface area contributed by atoms with Crippen LogP contribution < -0.4 is 10.3 Å². The molecule has 0 radical (unpaired) electrons. The molecule has 0 fully saturated rings. The van der Waals surface area contributed by atoms with Crippen molar-refractivity contribution in [1.82, 2.24) is 9.55 Å². The van der Waals surface area contributed by atoms with Crippen molar-refractivity contribution in [3.05, 3.63) is 89.0 Å². The number of pyridine rings is 2. The number of rotatable bonds is 5. The van der Waals surface area contributed by atoms with Crippen molar-refractivity contribution < 1.29 is 8.42 Å². The first-order valence-corrected chi connectivity index (χ1v) is 11.4. The van der Waals surface area contributed by atoms with Crippen LogP contribution in [0.15, 0.2) is 77.7 Å². The van der Waals surface area contributed by atoms with Crippen LogP contribution in [0.3, 0.4) is 0 Å². The van der Waals surface area contributed by atoms with E-state index in [0.717, 1.165) is 28.6 Å². The first-order chi connectivity index (χ1) is 14.4. The van der Waals surface area contributed by atoms with E-state index < -0.39 is 10.0 Å². The Balaban J connectivity index is 1.99. The van der Waals surface area contributed by atoms with Crippen molar-refractivity contribution in [2.75, 3.05) is 11.0 Å². The van der Waals surface area contributed by atoms with Gasteiger partial charge >= 0.3 is 0 Å². The molecular weight excluding hydrogens is 398 g/mol. The van der Waals surface area contributed by atoms with E-state index in [1.165, 1.54) is 6.20 Å². The molecule has 0 spiro atoms. The third-order valence-corrected chi connectivity index (χ3v) is 5.44. The summed E-state index contributed by atoms with van der Waals surface area (Å²) in [5, 5.41) is 1.42. The highest BCUT2D eigenvalue weighted by atomic mass is 32.2. The van der Waals surface area contributed by atoms with E-state index in [9.17, 15) is 13.2 Å². The molecule has 4 aromatic rings. The molecule has 0 unspecified atom stereocenters. The van der Waals surface area contributed by atoms with Gasteiger partial charge in [-0.25, -0.2) is 13.4 Å². The molecule has 1 N–H and O–H groups in total. The number of sulfonamides is 1. The second-order valence-electron chi connectivity index (χ2n) is 7.04. The molecule has 30 heavy (non-hydrogen) atoms. The summed E-state index contributed by atoms with van der Waals surface area (Å²) in [7, 11) is -3.46. The minimum atomic E-state index is -3.46. The number of anilines is 1. The van der Waals surface area contributed by atoms with Crippen LogP contribution in [0, 0.1) is 0 Å². The van der Waals surface area contributed by atoms with E-state index >= 15 is 0 Å². The highest BCUT2D eigenvalue weighted by molar-refractivity contribution is 7.92. The summed E-state index contributed by atoms with van der Waals surface area (Å²) in [5.41, 5.74) is 3.06. The fraction of sp³-hybridized carbons (Fsp3) is 0.130. The SMILES string of the molecule is CCc1cc2cccc(-c3ccnc(NS(C)(=O)=O)c3)c2c(=O)n1-c1ccccc1. The van der Waals surface area contributed by atoms with Gasteiger partial charge in [0.1, 0.15) is 5.82 Å². The van der Waals surface area contributed by atoms with Crippen molar-refractivity contribution in [1.29, 1.82) is 0 Å². The van der Waals surface area contributed by atoms with E-state index in [0.29, 0.717) is 17.4 Å². The molecule has 0 atom stereocenters. The average Bonchev–Trinajstić information content (AvgIpc) is 2.72. The van der Waals surface area contributed by atoms with Crippen molar-refractivity contribution in [3.63, 3.8) is 0 Å². The molecule has 2 aromatic carbocycles.